The minimum absolute atomic E-state index is 0.165. The number of nitrogens with one attached hydrogen (secondary N) is 2. The zero-order valence-electron chi connectivity index (χ0n) is 15.6. The Hall–Kier alpha value is -2.78. The summed E-state index contributed by atoms with van der Waals surface area (Å²) in [7, 11) is 0. The lowest BCUT2D eigenvalue weighted by Crippen LogP contribution is -2.30. The summed E-state index contributed by atoms with van der Waals surface area (Å²) in [6.45, 7) is 4.80. The van der Waals surface area contributed by atoms with Crippen LogP contribution in [0.2, 0.25) is 0 Å². The molecule has 1 aliphatic heterocycles. The van der Waals surface area contributed by atoms with E-state index in [-0.39, 0.29) is 11.9 Å². The lowest BCUT2D eigenvalue weighted by Gasteiger charge is -2.26. The van der Waals surface area contributed by atoms with Gasteiger partial charge >= 0.3 is 0 Å². The van der Waals surface area contributed by atoms with Crippen molar-refractivity contribution in [3.05, 3.63) is 53.1 Å². The first kappa shape index (κ1) is 18.6. The molecule has 0 saturated carbocycles. The molecular formula is C19H22N6O2S. The van der Waals surface area contributed by atoms with E-state index in [0.717, 1.165) is 30.4 Å². The predicted octanol–water partition coefficient (Wildman–Crippen LogP) is 3.34. The Balaban J connectivity index is 1.39. The number of furan rings is 1. The largest absolute Gasteiger partial charge is 0.465 e. The van der Waals surface area contributed by atoms with Crippen molar-refractivity contribution in [1.82, 2.24) is 20.1 Å². The van der Waals surface area contributed by atoms with Crippen LogP contribution in [0.4, 0.5) is 10.9 Å². The van der Waals surface area contributed by atoms with Crippen molar-refractivity contribution in [2.24, 2.45) is 0 Å². The summed E-state index contributed by atoms with van der Waals surface area (Å²) in [6.07, 6.45) is 3.99. The molecule has 4 heterocycles. The van der Waals surface area contributed by atoms with Crippen LogP contribution in [0.5, 0.6) is 0 Å². The van der Waals surface area contributed by atoms with E-state index in [1.165, 1.54) is 24.2 Å². The molecule has 1 aliphatic rings. The van der Waals surface area contributed by atoms with Gasteiger partial charge < -0.3 is 9.73 Å². The molecular weight excluding hydrogens is 376 g/mol. The van der Waals surface area contributed by atoms with Crippen LogP contribution >= 0.6 is 11.3 Å². The molecule has 8 nitrogen and oxygen atoms in total. The number of anilines is 2. The van der Waals surface area contributed by atoms with Gasteiger partial charge in [-0.3, -0.25) is 15.0 Å². The first-order valence-corrected chi connectivity index (χ1v) is 10.1. The van der Waals surface area contributed by atoms with Gasteiger partial charge in [-0.25, -0.2) is 4.98 Å². The molecule has 0 aliphatic carbocycles. The maximum atomic E-state index is 12.2. The van der Waals surface area contributed by atoms with Crippen LogP contribution in [0, 0.1) is 6.92 Å². The number of amides is 1. The zero-order valence-corrected chi connectivity index (χ0v) is 16.4. The number of aryl methyl sites for hydroxylation is 1. The molecule has 1 unspecified atom stereocenters. The second-order valence-electron chi connectivity index (χ2n) is 6.72. The van der Waals surface area contributed by atoms with Gasteiger partial charge in [0.15, 0.2) is 0 Å². The topological polar surface area (TPSA) is 96.2 Å². The van der Waals surface area contributed by atoms with Crippen molar-refractivity contribution in [2.75, 3.05) is 30.3 Å². The van der Waals surface area contributed by atoms with E-state index in [2.05, 4.69) is 30.7 Å². The lowest BCUT2D eigenvalue weighted by atomic mass is 10.2. The summed E-state index contributed by atoms with van der Waals surface area (Å²) >= 11 is 1.27. The summed E-state index contributed by atoms with van der Waals surface area (Å²) in [5, 5.41) is 14.0. The highest BCUT2D eigenvalue weighted by Gasteiger charge is 2.25. The minimum atomic E-state index is -0.253. The van der Waals surface area contributed by atoms with Gasteiger partial charge in [-0.2, -0.15) is 0 Å². The highest BCUT2D eigenvalue weighted by atomic mass is 32.1. The Morgan fingerprint density at radius 3 is 2.79 bits per heavy atom. The Kier molecular flexibility index (Phi) is 5.63. The van der Waals surface area contributed by atoms with E-state index in [9.17, 15) is 4.79 Å². The van der Waals surface area contributed by atoms with Crippen molar-refractivity contribution in [2.45, 2.75) is 25.8 Å². The van der Waals surface area contributed by atoms with Gasteiger partial charge in [0.1, 0.15) is 22.8 Å². The Morgan fingerprint density at radius 1 is 1.29 bits per heavy atom. The number of hydrogen-bond donors (Lipinski definition) is 2. The summed E-state index contributed by atoms with van der Waals surface area (Å²) < 4.78 is 5.88. The van der Waals surface area contributed by atoms with Gasteiger partial charge in [0.25, 0.3) is 5.91 Å². The van der Waals surface area contributed by atoms with Crippen molar-refractivity contribution >= 4 is 28.2 Å². The molecule has 4 rings (SSSR count). The van der Waals surface area contributed by atoms with Crippen LogP contribution in [0.15, 0.2) is 40.4 Å². The highest BCUT2D eigenvalue weighted by Crippen LogP contribution is 2.27. The number of nitrogens with zero attached hydrogens (tertiary/aromatic N) is 4. The summed E-state index contributed by atoms with van der Waals surface area (Å²) in [6, 6.07) is 7.77. The summed E-state index contributed by atoms with van der Waals surface area (Å²) in [5.41, 5.74) is 2.04. The highest BCUT2D eigenvalue weighted by molar-refractivity contribution is 7.13. The zero-order chi connectivity index (χ0) is 19.3. The monoisotopic (exact) mass is 398 g/mol. The third-order valence-electron chi connectivity index (χ3n) is 4.75. The normalized spacial score (nSPS) is 15.5. The van der Waals surface area contributed by atoms with Crippen LogP contribution in [-0.2, 0) is 0 Å². The smallest absolute Gasteiger partial charge is 0.259 e. The van der Waals surface area contributed by atoms with Gasteiger partial charge in [-0.1, -0.05) is 11.3 Å². The van der Waals surface area contributed by atoms with Crippen molar-refractivity contribution in [3.63, 3.8) is 0 Å². The minimum Gasteiger partial charge on any atom is -0.465 e. The van der Waals surface area contributed by atoms with Gasteiger partial charge in [-0.15, -0.1) is 10.2 Å². The second kappa shape index (κ2) is 8.49. The molecule has 3 aromatic rings. The molecule has 0 aromatic carbocycles. The number of hydrogen-bond acceptors (Lipinski definition) is 8. The molecule has 0 radical (unpaired) electrons. The number of pyridine rings is 1. The Labute approximate surface area is 167 Å². The van der Waals surface area contributed by atoms with Crippen molar-refractivity contribution in [3.8, 4) is 0 Å². The van der Waals surface area contributed by atoms with Gasteiger partial charge in [0, 0.05) is 12.7 Å². The summed E-state index contributed by atoms with van der Waals surface area (Å²) in [5.74, 6) is 2.36. The van der Waals surface area contributed by atoms with Crippen LogP contribution in [0.25, 0.3) is 0 Å². The second-order valence-corrected chi connectivity index (χ2v) is 7.55. The Bertz CT molecular complexity index is 903. The van der Waals surface area contributed by atoms with Gasteiger partial charge in [0.05, 0.1) is 11.6 Å². The maximum Gasteiger partial charge on any atom is 0.259 e. The van der Waals surface area contributed by atoms with Crippen LogP contribution in [0.1, 0.15) is 40.8 Å². The quantitative estimate of drug-likeness (QED) is 0.630. The molecule has 0 bridgehead atoms. The van der Waals surface area contributed by atoms with E-state index in [4.69, 9.17) is 4.42 Å². The predicted molar refractivity (Wildman–Crippen MR) is 108 cm³/mol. The SMILES string of the molecule is Cc1ccc(C(CNc2ccc(C(=O)Nc3nncs3)cn2)N2CCCC2)o1. The molecule has 28 heavy (non-hydrogen) atoms. The van der Waals surface area contributed by atoms with Gasteiger partial charge in [0.2, 0.25) is 5.13 Å². The average Bonchev–Trinajstić information content (AvgIpc) is 3.46. The van der Waals surface area contributed by atoms with E-state index < -0.39 is 0 Å². The van der Waals surface area contributed by atoms with Crippen LogP contribution < -0.4 is 10.6 Å². The lowest BCUT2D eigenvalue weighted by molar-refractivity contribution is 0.102. The molecule has 1 atom stereocenters. The van der Waals surface area contributed by atoms with Crippen LogP contribution in [-0.4, -0.2) is 45.6 Å². The van der Waals surface area contributed by atoms with E-state index >= 15 is 0 Å². The fourth-order valence-electron chi connectivity index (χ4n) is 3.33. The molecule has 1 saturated heterocycles. The number of likely N-dealkylation sites (tertiary alicyclic amines) is 1. The first-order valence-electron chi connectivity index (χ1n) is 9.27. The number of carbonyl (C=O) groups excluding carboxylic acids is 1. The summed E-state index contributed by atoms with van der Waals surface area (Å²) in [4.78, 5) is 19.0. The fraction of sp³-hybridized carbons (Fsp3) is 0.368. The number of carbonyl (C=O) groups is 1. The standard InChI is InChI=1S/C19H22N6O2S/c1-13-4-6-16(27-13)15(25-8-2-3-9-25)11-21-17-7-5-14(10-20-17)18(26)23-19-24-22-12-28-19/h4-7,10,12,15H,2-3,8-9,11H2,1H3,(H,20,21)(H,23,24,26). The molecule has 0 spiro atoms. The first-order chi connectivity index (χ1) is 13.7. The van der Waals surface area contributed by atoms with E-state index in [1.807, 2.05) is 25.1 Å². The Morgan fingerprint density at radius 2 is 2.14 bits per heavy atom. The molecule has 2 N–H and O–H groups in total. The maximum absolute atomic E-state index is 12.2. The molecule has 1 fully saturated rings. The van der Waals surface area contributed by atoms with Crippen LogP contribution in [0.3, 0.4) is 0 Å². The number of rotatable bonds is 7. The molecule has 1 amide bonds. The molecule has 9 heteroatoms. The van der Waals surface area contributed by atoms with Gasteiger partial charge in [-0.05, 0) is 57.1 Å². The third-order valence-corrected chi connectivity index (χ3v) is 5.36. The number of aromatic nitrogens is 3. The molecule has 146 valence electrons. The van der Waals surface area contributed by atoms with E-state index in [1.54, 1.807) is 17.8 Å². The third kappa shape index (κ3) is 4.37. The van der Waals surface area contributed by atoms with Crippen molar-refractivity contribution in [1.29, 1.82) is 0 Å². The van der Waals surface area contributed by atoms with Crippen molar-refractivity contribution < 1.29 is 9.21 Å². The van der Waals surface area contributed by atoms with E-state index in [0.29, 0.717) is 17.2 Å². The fourth-order valence-corrected chi connectivity index (χ4v) is 3.77. The average molecular weight is 398 g/mol. The molecule has 3 aromatic heterocycles.